The number of nitrogens with two attached hydrogens (primary N) is 3. The van der Waals surface area contributed by atoms with Crippen LogP contribution in [0.4, 0.5) is 0 Å². The molecule has 282 valence electrons. The number of carbonyl (C=O) groups is 7. The minimum atomic E-state index is -1.53. The minimum absolute atomic E-state index is 0.0652. The van der Waals surface area contributed by atoms with Crippen molar-refractivity contribution in [3.63, 3.8) is 0 Å². The Morgan fingerprint density at radius 2 is 1.41 bits per heavy atom. The zero-order chi connectivity index (χ0) is 38.8. The normalized spacial score (nSPS) is 18.7. The molecule has 1 fully saturated rings. The van der Waals surface area contributed by atoms with Crippen LogP contribution in [0.2, 0.25) is 0 Å². The van der Waals surface area contributed by atoms with Gasteiger partial charge in [-0.3, -0.25) is 38.6 Å². The van der Waals surface area contributed by atoms with E-state index in [1.807, 2.05) is 18.2 Å². The highest BCUT2D eigenvalue weighted by Gasteiger charge is 2.29. The van der Waals surface area contributed by atoms with Crippen molar-refractivity contribution in [3.05, 3.63) is 35.9 Å². The van der Waals surface area contributed by atoms with Crippen LogP contribution >= 0.6 is 12.6 Å². The van der Waals surface area contributed by atoms with Crippen molar-refractivity contribution < 1.29 is 38.7 Å². The molecule has 0 aromatic heterocycles. The Morgan fingerprint density at radius 1 is 0.882 bits per heavy atom. The first kappa shape index (κ1) is 45.6. The van der Waals surface area contributed by atoms with Crippen molar-refractivity contribution in [2.24, 2.45) is 22.2 Å². The van der Waals surface area contributed by atoms with Crippen LogP contribution in [0.1, 0.15) is 44.1 Å². The Labute approximate surface area is 302 Å². The summed E-state index contributed by atoms with van der Waals surface area (Å²) in [5.74, 6) is -5.81. The number of benzene rings is 1. The van der Waals surface area contributed by atoms with Gasteiger partial charge in [-0.15, -0.1) is 12.8 Å². The lowest BCUT2D eigenvalue weighted by molar-refractivity contribution is -0.140. The van der Waals surface area contributed by atoms with Gasteiger partial charge < -0.3 is 54.2 Å². The third-order valence-corrected chi connectivity index (χ3v) is 7.19. The van der Waals surface area contributed by atoms with Crippen LogP contribution in [0.15, 0.2) is 35.3 Å². The van der Waals surface area contributed by atoms with E-state index in [-0.39, 0.29) is 50.0 Å². The Bertz CT molecular complexity index is 1340. The van der Waals surface area contributed by atoms with Gasteiger partial charge in [0.05, 0.1) is 25.6 Å². The molecule has 1 aliphatic rings. The molecule has 0 radical (unpaired) electrons. The summed E-state index contributed by atoms with van der Waals surface area (Å²) in [5.41, 5.74) is 17.6. The van der Waals surface area contributed by atoms with Crippen molar-refractivity contribution in [1.29, 1.82) is 0 Å². The largest absolute Gasteiger partial charge is 0.481 e. The van der Waals surface area contributed by atoms with Crippen LogP contribution in [0, 0.1) is 19.8 Å². The number of hydrogen-bond acceptors (Lipinski definition) is 10. The van der Waals surface area contributed by atoms with Gasteiger partial charge in [0.15, 0.2) is 5.96 Å². The molecule has 2 rings (SSSR count). The van der Waals surface area contributed by atoms with Gasteiger partial charge in [-0.25, -0.2) is 0 Å². The van der Waals surface area contributed by atoms with Gasteiger partial charge >= 0.3 is 5.97 Å². The second kappa shape index (κ2) is 26.5. The lowest BCUT2D eigenvalue weighted by atomic mass is 10.1. The van der Waals surface area contributed by atoms with E-state index in [1.165, 1.54) is 5.56 Å². The molecule has 1 aliphatic heterocycles. The number of guanidine groups is 1. The Hall–Kier alpha value is -5.35. The second-order valence-electron chi connectivity index (χ2n) is 11.0. The SMILES string of the molecule is C#C.Cc1ccccc1.NC(N)=NCCC[C@@H]1NC(=O)[C@H](CCCCNC(=O)[C@H](N)CS)NC(=O)CNC(=O)[C@H](CC(=O)O)NC(=O)CNC1=O. The number of nitrogens with zero attached hydrogens (tertiary/aromatic N) is 1. The number of thiol groups is 1. The summed E-state index contributed by atoms with van der Waals surface area (Å²) in [4.78, 5) is 90.4. The number of carboxylic acid groups (broad SMARTS) is 1. The molecule has 6 amide bonds. The van der Waals surface area contributed by atoms with Gasteiger partial charge in [-0.2, -0.15) is 12.6 Å². The molecule has 1 saturated heterocycles. The topological polar surface area (TPSA) is 302 Å². The number of hydrogen-bond donors (Lipinski definition) is 11. The summed E-state index contributed by atoms with van der Waals surface area (Å²) >= 11 is 3.96. The number of aliphatic imine (C=N–C) groups is 1. The van der Waals surface area contributed by atoms with E-state index >= 15 is 0 Å². The highest BCUT2D eigenvalue weighted by molar-refractivity contribution is 7.80. The molecule has 0 saturated carbocycles. The Morgan fingerprint density at radius 3 is 1.92 bits per heavy atom. The molecular formula is C32H50N10O8S. The van der Waals surface area contributed by atoms with Gasteiger partial charge in [0.1, 0.15) is 18.1 Å². The summed E-state index contributed by atoms with van der Waals surface area (Å²) in [6.07, 6.45) is 8.45. The van der Waals surface area contributed by atoms with E-state index < -0.39 is 79.2 Å². The standard InChI is InChI=1S/C23H40N10O8S.C7H8.C2H2/c24-12(11-42)19(38)27-6-2-1-4-14-22(41)33-13(5-3-7-28-23(25)26)20(39)29-10-17(35)32-15(8-18(36)37)21(40)30-9-16(34)31-14;1-7-5-3-2-4-6-7;1-2/h12-15,42H,1-11,24H2,(H,27,38)(H,29,39)(H,30,40)(H,31,34)(H,32,35)(H,33,41)(H,36,37)(H4,25,26,28);2-6H,1H3;1-2H/t12-,13+,14+,15+;;/m1../s1. The van der Waals surface area contributed by atoms with Crippen LogP contribution in [0.3, 0.4) is 0 Å². The first-order valence-corrected chi connectivity index (χ1v) is 16.6. The number of nitrogens with one attached hydrogen (secondary N) is 6. The number of rotatable bonds is 13. The molecule has 0 bridgehead atoms. The van der Waals surface area contributed by atoms with E-state index in [0.717, 1.165) is 0 Å². The summed E-state index contributed by atoms with van der Waals surface area (Å²) in [5, 5.41) is 23.6. The third-order valence-electron chi connectivity index (χ3n) is 6.80. The first-order chi connectivity index (χ1) is 24.2. The lowest BCUT2D eigenvalue weighted by Gasteiger charge is -2.23. The molecule has 0 unspecified atom stereocenters. The summed E-state index contributed by atoms with van der Waals surface area (Å²) < 4.78 is 0. The number of terminal acetylenes is 1. The maximum absolute atomic E-state index is 13.2. The molecular weight excluding hydrogens is 684 g/mol. The zero-order valence-electron chi connectivity index (χ0n) is 28.6. The Balaban J connectivity index is 0.00000242. The molecule has 0 spiro atoms. The van der Waals surface area contributed by atoms with Crippen LogP contribution in [0.5, 0.6) is 0 Å². The predicted molar refractivity (Wildman–Crippen MR) is 194 cm³/mol. The van der Waals surface area contributed by atoms with Crippen molar-refractivity contribution in [1.82, 2.24) is 31.9 Å². The zero-order valence-corrected chi connectivity index (χ0v) is 29.5. The smallest absolute Gasteiger partial charge is 0.305 e. The third kappa shape index (κ3) is 21.4. The molecule has 51 heavy (non-hydrogen) atoms. The summed E-state index contributed by atoms with van der Waals surface area (Å²) in [7, 11) is 0. The summed E-state index contributed by atoms with van der Waals surface area (Å²) in [6, 6.07) is 5.67. The number of amides is 6. The predicted octanol–water partition coefficient (Wildman–Crippen LogP) is -3.00. The quantitative estimate of drug-likeness (QED) is 0.0319. The van der Waals surface area contributed by atoms with Crippen LogP contribution < -0.4 is 49.1 Å². The van der Waals surface area contributed by atoms with Crippen molar-refractivity contribution in [2.75, 3.05) is 31.9 Å². The number of carboxylic acids is 1. The van der Waals surface area contributed by atoms with Gasteiger partial charge in [0.2, 0.25) is 35.4 Å². The van der Waals surface area contributed by atoms with Gasteiger partial charge in [0, 0.05) is 18.8 Å². The van der Waals surface area contributed by atoms with Crippen LogP contribution in [0.25, 0.3) is 0 Å². The monoisotopic (exact) mass is 734 g/mol. The summed E-state index contributed by atoms with van der Waals surface area (Å²) in [6.45, 7) is 1.24. The maximum atomic E-state index is 13.2. The number of carbonyl (C=O) groups excluding carboxylic acids is 6. The fourth-order valence-corrected chi connectivity index (χ4v) is 4.37. The molecule has 1 aromatic rings. The van der Waals surface area contributed by atoms with E-state index in [9.17, 15) is 33.6 Å². The molecule has 1 aromatic carbocycles. The molecule has 13 N–H and O–H groups in total. The molecule has 0 aliphatic carbocycles. The molecule has 19 heteroatoms. The van der Waals surface area contributed by atoms with Gasteiger partial charge in [-0.1, -0.05) is 35.9 Å². The van der Waals surface area contributed by atoms with Crippen molar-refractivity contribution >= 4 is 60.0 Å². The van der Waals surface area contributed by atoms with Crippen molar-refractivity contribution in [2.45, 2.75) is 69.6 Å². The van der Waals surface area contributed by atoms with Crippen LogP contribution in [-0.2, 0) is 33.6 Å². The maximum Gasteiger partial charge on any atom is 0.305 e. The first-order valence-electron chi connectivity index (χ1n) is 15.9. The number of aliphatic carboxylic acids is 1. The minimum Gasteiger partial charge on any atom is -0.481 e. The average Bonchev–Trinajstić information content (AvgIpc) is 3.10. The average molecular weight is 735 g/mol. The van der Waals surface area contributed by atoms with E-state index in [1.54, 1.807) is 0 Å². The van der Waals surface area contributed by atoms with E-state index in [4.69, 9.17) is 22.3 Å². The lowest BCUT2D eigenvalue weighted by Crippen LogP contribution is -2.55. The van der Waals surface area contributed by atoms with Gasteiger partial charge in [-0.05, 0) is 39.0 Å². The fraction of sp³-hybridized carbons (Fsp3) is 0.500. The number of unbranched alkanes of at least 4 members (excludes halogenated alkanes) is 1. The number of aryl methyl sites for hydroxylation is 1. The van der Waals surface area contributed by atoms with Crippen LogP contribution in [-0.4, -0.2) is 109 Å². The van der Waals surface area contributed by atoms with Gasteiger partial charge in [0.25, 0.3) is 0 Å². The highest BCUT2D eigenvalue weighted by atomic mass is 32.1. The Kier molecular flexibility index (Phi) is 23.7. The molecule has 18 nitrogen and oxygen atoms in total. The van der Waals surface area contributed by atoms with E-state index in [2.05, 4.69) is 81.4 Å². The molecule has 1 heterocycles. The second-order valence-corrected chi connectivity index (χ2v) is 11.4. The van der Waals surface area contributed by atoms with Crippen molar-refractivity contribution in [3.8, 4) is 12.8 Å². The van der Waals surface area contributed by atoms with E-state index in [0.29, 0.717) is 12.8 Å². The highest BCUT2D eigenvalue weighted by Crippen LogP contribution is 2.06. The fourth-order valence-electron chi connectivity index (χ4n) is 4.20. The molecule has 4 atom stereocenters.